The number of benzene rings is 1. The molecule has 1 heterocycles. The summed E-state index contributed by atoms with van der Waals surface area (Å²) in [6.07, 6.45) is 0. The van der Waals surface area contributed by atoms with Gasteiger partial charge in [-0.2, -0.15) is 0 Å². The van der Waals surface area contributed by atoms with Crippen molar-refractivity contribution in [3.8, 4) is 0 Å². The number of rotatable bonds is 4. The molecule has 1 amide bonds. The predicted octanol–water partition coefficient (Wildman–Crippen LogP) is 0.762. The first kappa shape index (κ1) is 18.0. The van der Waals surface area contributed by atoms with Crippen LogP contribution in [0.3, 0.4) is 0 Å². The summed E-state index contributed by atoms with van der Waals surface area (Å²) in [7, 11) is 0. The van der Waals surface area contributed by atoms with Crippen molar-refractivity contribution in [1.29, 1.82) is 0 Å². The molecule has 126 valence electrons. The predicted molar refractivity (Wildman–Crippen MR) is 98.1 cm³/mol. The van der Waals surface area contributed by atoms with Gasteiger partial charge in [0.1, 0.15) is 0 Å². The maximum Gasteiger partial charge on any atom is 0.279 e. The van der Waals surface area contributed by atoms with Crippen molar-refractivity contribution in [2.24, 2.45) is 0 Å². The second-order valence-corrected chi connectivity index (χ2v) is 6.84. The maximum absolute atomic E-state index is 12.2. The highest BCUT2D eigenvalue weighted by Crippen LogP contribution is 2.19. The van der Waals surface area contributed by atoms with Gasteiger partial charge in [0.2, 0.25) is 0 Å². The molecule has 7 heteroatoms. The van der Waals surface area contributed by atoms with E-state index < -0.39 is 0 Å². The zero-order valence-electron chi connectivity index (χ0n) is 13.6. The van der Waals surface area contributed by atoms with Crippen LogP contribution in [0.4, 0.5) is 5.69 Å². The molecular formula is C16H24ClN4OS+. The van der Waals surface area contributed by atoms with Gasteiger partial charge in [-0.1, -0.05) is 23.7 Å². The normalized spacial score (nSPS) is 15.6. The fourth-order valence-corrected chi connectivity index (χ4v) is 3.13. The number of quaternary nitrogens is 1. The van der Waals surface area contributed by atoms with Crippen molar-refractivity contribution in [2.45, 2.75) is 19.9 Å². The Labute approximate surface area is 148 Å². The summed E-state index contributed by atoms with van der Waals surface area (Å²) in [5, 5.41) is 7.50. The Hall–Kier alpha value is -1.37. The summed E-state index contributed by atoms with van der Waals surface area (Å²) in [6, 6.07) is 7.62. The molecule has 0 radical (unpaired) electrons. The first-order valence-electron chi connectivity index (χ1n) is 7.89. The lowest BCUT2D eigenvalue weighted by atomic mass is 10.3. The van der Waals surface area contributed by atoms with Crippen LogP contribution in [-0.4, -0.2) is 54.7 Å². The van der Waals surface area contributed by atoms with E-state index in [0.29, 0.717) is 23.3 Å². The number of carbonyl (C=O) groups is 1. The van der Waals surface area contributed by atoms with Crippen LogP contribution in [0.1, 0.15) is 13.8 Å². The molecule has 3 N–H and O–H groups in total. The van der Waals surface area contributed by atoms with Gasteiger partial charge < -0.3 is 20.4 Å². The van der Waals surface area contributed by atoms with Crippen molar-refractivity contribution < 1.29 is 9.69 Å². The smallest absolute Gasteiger partial charge is 0.279 e. The summed E-state index contributed by atoms with van der Waals surface area (Å²) in [5.74, 6) is -0.00979. The average molecular weight is 356 g/mol. The van der Waals surface area contributed by atoms with Crippen molar-refractivity contribution in [3.05, 3.63) is 29.3 Å². The number of nitrogens with one attached hydrogen (secondary N) is 3. The molecule has 1 saturated heterocycles. The molecule has 0 atom stereocenters. The Kier molecular flexibility index (Phi) is 6.62. The summed E-state index contributed by atoms with van der Waals surface area (Å²) in [5.41, 5.74) is 0.666. The van der Waals surface area contributed by atoms with Gasteiger partial charge in [0.05, 0.1) is 36.9 Å². The minimum Gasteiger partial charge on any atom is -0.360 e. The van der Waals surface area contributed by atoms with E-state index in [1.807, 2.05) is 18.2 Å². The van der Waals surface area contributed by atoms with E-state index in [-0.39, 0.29) is 5.91 Å². The monoisotopic (exact) mass is 355 g/mol. The lowest BCUT2D eigenvalue weighted by Crippen LogP contribution is -3.15. The number of amides is 1. The van der Waals surface area contributed by atoms with Crippen molar-refractivity contribution in [1.82, 2.24) is 10.2 Å². The van der Waals surface area contributed by atoms with Crippen molar-refractivity contribution >= 4 is 40.5 Å². The number of nitrogens with zero attached hydrogens (tertiary/aromatic N) is 1. The SMILES string of the molecule is CC(C)NC(=S)N1CC[NH+](CC(=O)Nc2ccccc2Cl)CC1. The number of carbonyl (C=O) groups excluding carboxylic acids is 1. The van der Waals surface area contributed by atoms with Gasteiger partial charge in [-0.25, -0.2) is 0 Å². The molecule has 5 nitrogen and oxygen atoms in total. The Morgan fingerprint density at radius 2 is 2.00 bits per heavy atom. The summed E-state index contributed by atoms with van der Waals surface area (Å²) < 4.78 is 0. The first-order valence-corrected chi connectivity index (χ1v) is 8.67. The molecular weight excluding hydrogens is 332 g/mol. The third kappa shape index (κ3) is 5.64. The fourth-order valence-electron chi connectivity index (χ4n) is 2.53. The topological polar surface area (TPSA) is 48.8 Å². The van der Waals surface area contributed by atoms with Crippen LogP contribution in [0.15, 0.2) is 24.3 Å². The molecule has 0 bridgehead atoms. The highest BCUT2D eigenvalue weighted by atomic mass is 35.5. The van der Waals surface area contributed by atoms with E-state index in [9.17, 15) is 4.79 Å². The van der Waals surface area contributed by atoms with E-state index in [2.05, 4.69) is 29.4 Å². The molecule has 0 unspecified atom stereocenters. The average Bonchev–Trinajstić information content (AvgIpc) is 2.49. The minimum atomic E-state index is -0.00979. The van der Waals surface area contributed by atoms with Crippen molar-refractivity contribution in [2.75, 3.05) is 38.0 Å². The molecule has 0 aliphatic carbocycles. The summed E-state index contributed by atoms with van der Waals surface area (Å²) >= 11 is 11.4. The molecule has 0 saturated carbocycles. The van der Waals surface area contributed by atoms with Crippen LogP contribution in [0, 0.1) is 0 Å². The van der Waals surface area contributed by atoms with Crippen LogP contribution in [0.2, 0.25) is 5.02 Å². The number of anilines is 1. The molecule has 1 aromatic rings. The highest BCUT2D eigenvalue weighted by molar-refractivity contribution is 7.80. The van der Waals surface area contributed by atoms with E-state index >= 15 is 0 Å². The van der Waals surface area contributed by atoms with Crippen LogP contribution in [0.25, 0.3) is 0 Å². The minimum absolute atomic E-state index is 0.00979. The van der Waals surface area contributed by atoms with E-state index in [1.165, 1.54) is 4.90 Å². The molecule has 1 aliphatic rings. The number of para-hydroxylation sites is 1. The lowest BCUT2D eigenvalue weighted by Gasteiger charge is -2.34. The van der Waals surface area contributed by atoms with Crippen molar-refractivity contribution in [3.63, 3.8) is 0 Å². The zero-order valence-corrected chi connectivity index (χ0v) is 15.1. The van der Waals surface area contributed by atoms with Gasteiger partial charge >= 0.3 is 0 Å². The van der Waals surface area contributed by atoms with Gasteiger partial charge in [0.25, 0.3) is 5.91 Å². The molecule has 0 spiro atoms. The van der Waals surface area contributed by atoms with Crippen LogP contribution in [0.5, 0.6) is 0 Å². The molecule has 1 aliphatic heterocycles. The van der Waals surface area contributed by atoms with E-state index in [1.54, 1.807) is 6.07 Å². The van der Waals surface area contributed by atoms with Gasteiger partial charge in [-0.3, -0.25) is 4.79 Å². The fraction of sp³-hybridized carbons (Fsp3) is 0.500. The molecule has 23 heavy (non-hydrogen) atoms. The Morgan fingerprint density at radius 3 is 2.61 bits per heavy atom. The number of hydrogen-bond donors (Lipinski definition) is 3. The van der Waals surface area contributed by atoms with Crippen LogP contribution < -0.4 is 15.5 Å². The van der Waals surface area contributed by atoms with Crippen LogP contribution >= 0.6 is 23.8 Å². The van der Waals surface area contributed by atoms with E-state index in [4.69, 9.17) is 23.8 Å². The van der Waals surface area contributed by atoms with Gasteiger partial charge in [0, 0.05) is 6.04 Å². The Morgan fingerprint density at radius 1 is 1.35 bits per heavy atom. The number of hydrogen-bond acceptors (Lipinski definition) is 2. The zero-order chi connectivity index (χ0) is 16.8. The summed E-state index contributed by atoms with van der Waals surface area (Å²) in [4.78, 5) is 15.6. The molecule has 1 fully saturated rings. The second-order valence-electron chi connectivity index (χ2n) is 6.05. The summed E-state index contributed by atoms with van der Waals surface area (Å²) in [6.45, 7) is 8.13. The van der Waals surface area contributed by atoms with Crippen LogP contribution in [-0.2, 0) is 4.79 Å². The number of thiocarbonyl (C=S) groups is 1. The highest BCUT2D eigenvalue weighted by Gasteiger charge is 2.23. The number of piperazine rings is 1. The largest absolute Gasteiger partial charge is 0.360 e. The van der Waals surface area contributed by atoms with Gasteiger partial charge in [0.15, 0.2) is 11.7 Å². The maximum atomic E-state index is 12.2. The van der Waals surface area contributed by atoms with E-state index in [0.717, 1.165) is 31.3 Å². The quantitative estimate of drug-likeness (QED) is 0.698. The Balaban J connectivity index is 1.77. The molecule has 2 rings (SSSR count). The third-order valence-corrected chi connectivity index (χ3v) is 4.43. The standard InChI is InChI=1S/C16H23ClN4OS/c1-12(2)18-16(23)21-9-7-20(8-10-21)11-15(22)19-14-6-4-3-5-13(14)17/h3-6,12H,7-11H2,1-2H3,(H,18,23)(H,19,22)/p+1. The molecule has 1 aromatic carbocycles. The van der Waals surface area contributed by atoms with Gasteiger partial charge in [-0.05, 0) is 38.2 Å². The Bertz CT molecular complexity index is 559. The first-order chi connectivity index (χ1) is 11.0. The lowest BCUT2D eigenvalue weighted by molar-refractivity contribution is -0.895. The number of halogens is 1. The van der Waals surface area contributed by atoms with Gasteiger partial charge in [-0.15, -0.1) is 0 Å². The second kappa shape index (κ2) is 8.47. The molecule has 0 aromatic heterocycles. The third-order valence-electron chi connectivity index (χ3n) is 3.73.